The number of amides is 1. The largest absolute Gasteiger partial charge is 0.483 e. The average molecular weight is 371 g/mol. The molecule has 5 nitrogen and oxygen atoms in total. The Morgan fingerprint density at radius 3 is 1.69 bits per heavy atom. The predicted molar refractivity (Wildman–Crippen MR) is 114 cm³/mol. The van der Waals surface area contributed by atoms with Crippen LogP contribution in [0.5, 0.6) is 0 Å². The summed E-state index contributed by atoms with van der Waals surface area (Å²) >= 11 is 0. The number of hydrogen-bond acceptors (Lipinski definition) is 3. The number of benzene rings is 1. The van der Waals surface area contributed by atoms with Gasteiger partial charge in [0.1, 0.15) is 0 Å². The highest BCUT2D eigenvalue weighted by Crippen LogP contribution is 2.06. The minimum atomic E-state index is -0.250. The van der Waals surface area contributed by atoms with Crippen molar-refractivity contribution in [1.82, 2.24) is 10.6 Å². The van der Waals surface area contributed by atoms with E-state index in [1.165, 1.54) is 12.0 Å². The summed E-state index contributed by atoms with van der Waals surface area (Å²) in [7, 11) is 1.56. The summed E-state index contributed by atoms with van der Waals surface area (Å²) in [5.74, 6) is 0. The lowest BCUT2D eigenvalue weighted by Gasteiger charge is -2.26. The second-order valence-electron chi connectivity index (χ2n) is 6.20. The van der Waals surface area contributed by atoms with Gasteiger partial charge >= 0.3 is 0 Å². The number of hydrogen-bond donors (Lipinski definition) is 3. The van der Waals surface area contributed by atoms with Crippen LogP contribution in [-0.4, -0.2) is 36.6 Å². The van der Waals surface area contributed by atoms with E-state index in [1.807, 2.05) is 13.8 Å². The Hall–Kier alpha value is -1.88. The fraction of sp³-hybridized carbons (Fsp3) is 0.619. The smallest absolute Gasteiger partial charge is 0.290 e. The number of nitrogens with one attached hydrogen (secondary N) is 2. The molecular weight excluding hydrogens is 328 g/mol. The van der Waals surface area contributed by atoms with Crippen LogP contribution in [0, 0.1) is 0 Å². The molecule has 0 fully saturated rings. The highest BCUT2D eigenvalue weighted by Gasteiger charge is 2.13. The van der Waals surface area contributed by atoms with Crippen molar-refractivity contribution in [2.45, 2.75) is 79.8 Å². The van der Waals surface area contributed by atoms with E-state index in [0.29, 0.717) is 12.5 Å². The molecule has 26 heavy (non-hydrogen) atoms. The van der Waals surface area contributed by atoms with Crippen LogP contribution in [0.3, 0.4) is 0 Å². The minimum absolute atomic E-state index is 0.203. The van der Waals surface area contributed by atoms with Crippen molar-refractivity contribution in [3.8, 4) is 0 Å². The van der Waals surface area contributed by atoms with Gasteiger partial charge in [0.2, 0.25) is 6.41 Å². The molecule has 1 rings (SSSR count). The third-order valence-corrected chi connectivity index (χ3v) is 2.18. The SMILES string of the molecule is CC.CC(Cc1ccccc1)NC(C)(C)C.CCC.CNC=O.O=CO. The first-order valence-corrected chi connectivity index (χ1v) is 9.22. The summed E-state index contributed by atoms with van der Waals surface area (Å²) in [4.78, 5) is 17.4. The maximum atomic E-state index is 9.06. The van der Waals surface area contributed by atoms with E-state index in [1.54, 1.807) is 7.05 Å². The normalized spacial score (nSPS) is 9.73. The predicted octanol–water partition coefficient (Wildman–Crippen LogP) is 4.51. The zero-order valence-electron chi connectivity index (χ0n) is 18.3. The highest BCUT2D eigenvalue weighted by atomic mass is 16.3. The van der Waals surface area contributed by atoms with Gasteiger partial charge < -0.3 is 15.7 Å². The second-order valence-corrected chi connectivity index (χ2v) is 6.20. The molecular formula is C21H42N2O3. The number of carbonyl (C=O) groups excluding carboxylic acids is 1. The van der Waals surface area contributed by atoms with Gasteiger partial charge in [0, 0.05) is 18.6 Å². The summed E-state index contributed by atoms with van der Waals surface area (Å²) in [5.41, 5.74) is 1.60. The molecule has 0 saturated carbocycles. The lowest BCUT2D eigenvalue weighted by Crippen LogP contribution is -2.43. The summed E-state index contributed by atoms with van der Waals surface area (Å²) < 4.78 is 0. The van der Waals surface area contributed by atoms with Gasteiger partial charge in [0.25, 0.3) is 6.47 Å². The molecule has 1 aromatic carbocycles. The van der Waals surface area contributed by atoms with Crippen LogP contribution in [0.1, 0.15) is 67.4 Å². The Morgan fingerprint density at radius 1 is 1.08 bits per heavy atom. The van der Waals surface area contributed by atoms with Gasteiger partial charge in [0.15, 0.2) is 0 Å². The Balaban J connectivity index is -0.000000167. The fourth-order valence-corrected chi connectivity index (χ4v) is 1.76. The van der Waals surface area contributed by atoms with Crippen molar-refractivity contribution < 1.29 is 14.7 Å². The van der Waals surface area contributed by atoms with Gasteiger partial charge in [-0.3, -0.25) is 9.59 Å². The fourth-order valence-electron chi connectivity index (χ4n) is 1.76. The molecule has 1 atom stereocenters. The summed E-state index contributed by atoms with van der Waals surface area (Å²) in [6, 6.07) is 11.1. The van der Waals surface area contributed by atoms with Crippen LogP contribution in [0.4, 0.5) is 0 Å². The molecule has 0 bridgehead atoms. The molecule has 154 valence electrons. The molecule has 1 unspecified atom stereocenters. The van der Waals surface area contributed by atoms with Crippen LogP contribution in [0.15, 0.2) is 30.3 Å². The van der Waals surface area contributed by atoms with Crippen molar-refractivity contribution in [3.05, 3.63) is 35.9 Å². The van der Waals surface area contributed by atoms with Gasteiger partial charge in [0.05, 0.1) is 0 Å². The van der Waals surface area contributed by atoms with E-state index in [2.05, 4.69) is 82.5 Å². The molecule has 0 aliphatic carbocycles. The Labute approximate surface area is 161 Å². The van der Waals surface area contributed by atoms with E-state index < -0.39 is 0 Å². The molecule has 3 N–H and O–H groups in total. The van der Waals surface area contributed by atoms with Crippen molar-refractivity contribution in [2.24, 2.45) is 0 Å². The van der Waals surface area contributed by atoms with Crippen molar-refractivity contribution in [1.29, 1.82) is 0 Å². The molecule has 0 saturated heterocycles. The molecule has 0 heterocycles. The van der Waals surface area contributed by atoms with Crippen molar-refractivity contribution in [3.63, 3.8) is 0 Å². The quantitative estimate of drug-likeness (QED) is 0.681. The molecule has 0 aliphatic rings. The third kappa shape index (κ3) is 38.0. The van der Waals surface area contributed by atoms with Gasteiger partial charge in [-0.15, -0.1) is 0 Å². The first kappa shape index (κ1) is 31.8. The first-order chi connectivity index (χ1) is 12.2. The molecule has 0 aromatic heterocycles. The molecule has 5 heteroatoms. The van der Waals surface area contributed by atoms with E-state index >= 15 is 0 Å². The van der Waals surface area contributed by atoms with E-state index in [0.717, 1.165) is 6.42 Å². The van der Waals surface area contributed by atoms with Gasteiger partial charge in [-0.2, -0.15) is 0 Å². The maximum Gasteiger partial charge on any atom is 0.290 e. The highest BCUT2D eigenvalue weighted by molar-refractivity contribution is 5.44. The zero-order valence-corrected chi connectivity index (χ0v) is 18.3. The minimum Gasteiger partial charge on any atom is -0.483 e. The third-order valence-electron chi connectivity index (χ3n) is 2.18. The topological polar surface area (TPSA) is 78.4 Å². The maximum absolute atomic E-state index is 9.06. The summed E-state index contributed by atoms with van der Waals surface area (Å²) in [5, 5.41) is 12.7. The van der Waals surface area contributed by atoms with Crippen LogP contribution >= 0.6 is 0 Å². The average Bonchev–Trinajstić information content (AvgIpc) is 2.57. The molecule has 1 amide bonds. The van der Waals surface area contributed by atoms with Gasteiger partial charge in [-0.1, -0.05) is 64.4 Å². The second kappa shape index (κ2) is 25.4. The lowest BCUT2D eigenvalue weighted by molar-refractivity contribution is -0.122. The first-order valence-electron chi connectivity index (χ1n) is 9.22. The Kier molecular flexibility index (Phi) is 31.1. The van der Waals surface area contributed by atoms with Crippen LogP contribution in [0.2, 0.25) is 0 Å². The molecule has 1 aromatic rings. The Morgan fingerprint density at radius 2 is 1.42 bits per heavy atom. The van der Waals surface area contributed by atoms with Gasteiger partial charge in [-0.25, -0.2) is 0 Å². The molecule has 0 aliphatic heterocycles. The molecule has 0 spiro atoms. The van der Waals surface area contributed by atoms with E-state index in [-0.39, 0.29) is 12.0 Å². The zero-order chi connectivity index (χ0) is 21.4. The number of rotatable bonds is 4. The standard InChI is InChI=1S/C13H21N.C3H8.C2H5NO.C2H6.CH2O2/c1-11(14-13(2,3)4)10-12-8-6-5-7-9-12;1-3-2;1-3-2-4;1-2;2-1-3/h5-9,11,14H,10H2,1-4H3;3H2,1-2H3;2H,1H3,(H,3,4);1-2H3;1H,(H,2,3). The van der Waals surface area contributed by atoms with Crippen LogP contribution in [0.25, 0.3) is 0 Å². The molecule has 0 radical (unpaired) electrons. The van der Waals surface area contributed by atoms with E-state index in [9.17, 15) is 0 Å². The van der Waals surface area contributed by atoms with Crippen LogP contribution < -0.4 is 10.6 Å². The summed E-state index contributed by atoms with van der Waals surface area (Å²) in [6.07, 6.45) is 2.97. The van der Waals surface area contributed by atoms with Crippen LogP contribution in [-0.2, 0) is 16.0 Å². The monoisotopic (exact) mass is 370 g/mol. The van der Waals surface area contributed by atoms with Crippen molar-refractivity contribution in [2.75, 3.05) is 7.05 Å². The lowest BCUT2D eigenvalue weighted by atomic mass is 10.0. The van der Waals surface area contributed by atoms with E-state index in [4.69, 9.17) is 14.7 Å². The van der Waals surface area contributed by atoms with Crippen molar-refractivity contribution >= 4 is 12.9 Å². The number of carboxylic acid groups (broad SMARTS) is 1. The number of carbonyl (C=O) groups is 2. The van der Waals surface area contributed by atoms with Gasteiger partial charge in [-0.05, 0) is 39.7 Å². The Bertz CT molecular complexity index is 377. The summed E-state index contributed by atoms with van der Waals surface area (Å²) in [6.45, 7) is 16.8.